The topological polar surface area (TPSA) is 12.0 Å². The highest BCUT2D eigenvalue weighted by Gasteiger charge is 2.16. The Bertz CT molecular complexity index is 253. The first kappa shape index (κ1) is 8.73. The Hall–Kier alpha value is 0.140. The van der Waals surface area contributed by atoms with E-state index in [1.807, 2.05) is 11.3 Å². The zero-order chi connectivity index (χ0) is 8.39. The van der Waals surface area contributed by atoms with E-state index in [0.717, 1.165) is 12.5 Å². The van der Waals surface area contributed by atoms with Gasteiger partial charge in [0.2, 0.25) is 0 Å². The van der Waals surface area contributed by atoms with Gasteiger partial charge >= 0.3 is 0 Å². The largest absolute Gasteiger partial charge is 0.316 e. The molecule has 1 aliphatic heterocycles. The average molecular weight is 246 g/mol. The molecule has 0 amide bonds. The molecule has 1 atom stereocenters. The fourth-order valence-electron chi connectivity index (χ4n) is 1.64. The lowest BCUT2D eigenvalue weighted by molar-refractivity contribution is 0.466. The maximum absolute atomic E-state index is 3.50. The molecule has 0 spiro atoms. The van der Waals surface area contributed by atoms with E-state index in [9.17, 15) is 0 Å². The van der Waals surface area contributed by atoms with E-state index in [1.165, 1.54) is 28.0 Å². The van der Waals surface area contributed by atoms with E-state index >= 15 is 0 Å². The highest BCUT2D eigenvalue weighted by atomic mass is 79.9. The monoisotopic (exact) mass is 245 g/mol. The molecule has 1 fully saturated rings. The number of hydrogen-bond acceptors (Lipinski definition) is 2. The molecule has 0 aliphatic carbocycles. The Balaban J connectivity index is 2.08. The van der Waals surface area contributed by atoms with Gasteiger partial charge in [0, 0.05) is 17.3 Å². The minimum atomic E-state index is 0.759. The third-order valence-electron chi connectivity index (χ3n) is 2.29. The van der Waals surface area contributed by atoms with Crippen LogP contribution in [0.5, 0.6) is 0 Å². The van der Waals surface area contributed by atoms with Gasteiger partial charge < -0.3 is 5.32 Å². The number of piperidine rings is 1. The first-order chi connectivity index (χ1) is 5.86. The molecule has 1 saturated heterocycles. The van der Waals surface area contributed by atoms with Crippen molar-refractivity contribution < 1.29 is 0 Å². The van der Waals surface area contributed by atoms with E-state index in [-0.39, 0.29) is 0 Å². The fourth-order valence-corrected chi connectivity index (χ4v) is 3.20. The van der Waals surface area contributed by atoms with Gasteiger partial charge in [-0.1, -0.05) is 0 Å². The van der Waals surface area contributed by atoms with Crippen LogP contribution in [-0.2, 0) is 0 Å². The summed E-state index contributed by atoms with van der Waals surface area (Å²) < 4.78 is 1.25. The minimum absolute atomic E-state index is 0.759. The minimum Gasteiger partial charge on any atom is -0.316 e. The van der Waals surface area contributed by atoms with Gasteiger partial charge in [0.15, 0.2) is 0 Å². The summed E-state index contributed by atoms with van der Waals surface area (Å²) >= 11 is 5.37. The van der Waals surface area contributed by atoms with Gasteiger partial charge in [0.25, 0.3) is 0 Å². The molecule has 12 heavy (non-hydrogen) atoms. The maximum Gasteiger partial charge on any atom is 0.0701 e. The summed E-state index contributed by atoms with van der Waals surface area (Å²) in [5.74, 6) is 0.759. The number of nitrogens with one attached hydrogen (secondary N) is 1. The SMILES string of the molecule is Brc1ccc([C@@H]2CCCNC2)s1. The van der Waals surface area contributed by atoms with Crippen LogP contribution in [0.2, 0.25) is 0 Å². The van der Waals surface area contributed by atoms with E-state index in [0.29, 0.717) is 0 Å². The predicted octanol–water partition coefficient (Wildman–Crippen LogP) is 2.98. The number of halogens is 1. The average Bonchev–Trinajstić information content (AvgIpc) is 2.54. The molecule has 0 bridgehead atoms. The van der Waals surface area contributed by atoms with Gasteiger partial charge in [-0.3, -0.25) is 0 Å². The molecule has 1 aromatic rings. The normalized spacial score (nSPS) is 24.2. The molecule has 2 rings (SSSR count). The summed E-state index contributed by atoms with van der Waals surface area (Å²) in [6.45, 7) is 2.36. The smallest absolute Gasteiger partial charge is 0.0701 e. The van der Waals surface area contributed by atoms with Crippen molar-refractivity contribution in [2.24, 2.45) is 0 Å². The Kier molecular flexibility index (Phi) is 2.84. The van der Waals surface area contributed by atoms with Crippen molar-refractivity contribution >= 4 is 27.3 Å². The standard InChI is InChI=1S/C9H12BrNS/c10-9-4-3-8(12-9)7-2-1-5-11-6-7/h3-4,7,11H,1-2,5-6H2/t7-/m1/s1. The molecule has 1 N–H and O–H groups in total. The number of hydrogen-bond donors (Lipinski definition) is 1. The molecule has 0 radical (unpaired) electrons. The molecule has 0 aromatic carbocycles. The van der Waals surface area contributed by atoms with E-state index in [1.54, 1.807) is 0 Å². The van der Waals surface area contributed by atoms with Crippen LogP contribution in [0, 0.1) is 0 Å². The summed E-state index contributed by atoms with van der Waals surface area (Å²) in [5.41, 5.74) is 0. The third-order valence-corrected chi connectivity index (χ3v) is 4.08. The molecule has 1 nitrogen and oxygen atoms in total. The quantitative estimate of drug-likeness (QED) is 0.803. The molecule has 66 valence electrons. The van der Waals surface area contributed by atoms with Crippen molar-refractivity contribution in [3.63, 3.8) is 0 Å². The van der Waals surface area contributed by atoms with Crippen molar-refractivity contribution in [1.29, 1.82) is 0 Å². The maximum atomic E-state index is 3.50. The summed E-state index contributed by atoms with van der Waals surface area (Å²) in [7, 11) is 0. The van der Waals surface area contributed by atoms with Crippen LogP contribution in [0.3, 0.4) is 0 Å². The lowest BCUT2D eigenvalue weighted by atomic mass is 9.98. The Morgan fingerprint density at radius 1 is 1.50 bits per heavy atom. The third kappa shape index (κ3) is 1.90. The van der Waals surface area contributed by atoms with Crippen LogP contribution < -0.4 is 5.32 Å². The van der Waals surface area contributed by atoms with Crippen molar-refractivity contribution in [2.45, 2.75) is 18.8 Å². The number of thiophene rings is 1. The van der Waals surface area contributed by atoms with Crippen LogP contribution in [0.4, 0.5) is 0 Å². The fraction of sp³-hybridized carbons (Fsp3) is 0.556. The van der Waals surface area contributed by atoms with Crippen LogP contribution in [0.25, 0.3) is 0 Å². The molecule has 2 heterocycles. The molecular formula is C9H12BrNS. The zero-order valence-corrected chi connectivity index (χ0v) is 9.25. The molecule has 1 aliphatic rings. The van der Waals surface area contributed by atoms with E-state index in [4.69, 9.17) is 0 Å². The van der Waals surface area contributed by atoms with Crippen molar-refractivity contribution in [3.05, 3.63) is 20.8 Å². The molecule has 1 aromatic heterocycles. The van der Waals surface area contributed by atoms with Crippen molar-refractivity contribution in [2.75, 3.05) is 13.1 Å². The Labute approximate surface area is 85.3 Å². The van der Waals surface area contributed by atoms with E-state index in [2.05, 4.69) is 33.4 Å². The van der Waals surface area contributed by atoms with Gasteiger partial charge in [-0.05, 0) is 47.4 Å². The summed E-state index contributed by atoms with van der Waals surface area (Å²) in [4.78, 5) is 1.52. The zero-order valence-electron chi connectivity index (χ0n) is 6.85. The lowest BCUT2D eigenvalue weighted by Gasteiger charge is -2.21. The second-order valence-electron chi connectivity index (χ2n) is 3.19. The number of rotatable bonds is 1. The van der Waals surface area contributed by atoms with Crippen LogP contribution >= 0.6 is 27.3 Å². The van der Waals surface area contributed by atoms with Crippen LogP contribution in [-0.4, -0.2) is 13.1 Å². The van der Waals surface area contributed by atoms with Gasteiger partial charge in [0.05, 0.1) is 3.79 Å². The highest BCUT2D eigenvalue weighted by molar-refractivity contribution is 9.11. The Morgan fingerprint density at radius 2 is 2.42 bits per heavy atom. The van der Waals surface area contributed by atoms with Gasteiger partial charge in [-0.15, -0.1) is 11.3 Å². The van der Waals surface area contributed by atoms with Gasteiger partial charge in [0.1, 0.15) is 0 Å². The molecule has 0 unspecified atom stereocenters. The summed E-state index contributed by atoms with van der Waals surface area (Å²) in [6, 6.07) is 4.39. The van der Waals surface area contributed by atoms with E-state index < -0.39 is 0 Å². The van der Waals surface area contributed by atoms with Crippen LogP contribution in [0.1, 0.15) is 23.6 Å². The van der Waals surface area contributed by atoms with Crippen LogP contribution in [0.15, 0.2) is 15.9 Å². The molecule has 3 heteroatoms. The highest BCUT2D eigenvalue weighted by Crippen LogP contribution is 2.31. The molecule has 0 saturated carbocycles. The summed E-state index contributed by atoms with van der Waals surface area (Å²) in [5, 5.41) is 3.43. The summed E-state index contributed by atoms with van der Waals surface area (Å²) in [6.07, 6.45) is 2.67. The second-order valence-corrected chi connectivity index (χ2v) is 5.68. The molecular weight excluding hydrogens is 234 g/mol. The van der Waals surface area contributed by atoms with Gasteiger partial charge in [-0.25, -0.2) is 0 Å². The van der Waals surface area contributed by atoms with Gasteiger partial charge in [-0.2, -0.15) is 0 Å². The lowest BCUT2D eigenvalue weighted by Crippen LogP contribution is -2.27. The second kappa shape index (κ2) is 3.90. The first-order valence-electron chi connectivity index (χ1n) is 4.32. The van der Waals surface area contributed by atoms with Crippen molar-refractivity contribution in [3.8, 4) is 0 Å². The van der Waals surface area contributed by atoms with Crippen molar-refractivity contribution in [1.82, 2.24) is 5.32 Å². The predicted molar refractivity (Wildman–Crippen MR) is 56.9 cm³/mol. The Morgan fingerprint density at radius 3 is 3.00 bits per heavy atom. The first-order valence-corrected chi connectivity index (χ1v) is 5.93.